The third-order valence-corrected chi connectivity index (χ3v) is 2.82. The van der Waals surface area contributed by atoms with Crippen LogP contribution >= 0.6 is 0 Å². The van der Waals surface area contributed by atoms with Gasteiger partial charge in [0.05, 0.1) is 6.61 Å². The standard InChI is InChI=1S/C17H28N2O/c1-6-8-10-20-16-12-14(13-18-17(3,4)5)11-15(19-16)9-7-2/h6,11-12,18H,1,7-10,13H2,2-5H3. The van der Waals surface area contributed by atoms with Crippen molar-refractivity contribution < 1.29 is 4.74 Å². The summed E-state index contributed by atoms with van der Waals surface area (Å²) in [6, 6.07) is 4.20. The Morgan fingerprint density at radius 1 is 1.35 bits per heavy atom. The molecule has 0 aromatic carbocycles. The highest BCUT2D eigenvalue weighted by Gasteiger charge is 2.10. The summed E-state index contributed by atoms with van der Waals surface area (Å²) in [7, 11) is 0. The predicted molar refractivity (Wildman–Crippen MR) is 85.1 cm³/mol. The summed E-state index contributed by atoms with van der Waals surface area (Å²) in [5.74, 6) is 0.725. The van der Waals surface area contributed by atoms with Crippen molar-refractivity contribution in [1.29, 1.82) is 0 Å². The second-order valence-corrected chi connectivity index (χ2v) is 6.08. The van der Waals surface area contributed by atoms with E-state index in [1.807, 2.05) is 12.1 Å². The lowest BCUT2D eigenvalue weighted by Crippen LogP contribution is -2.35. The molecule has 3 heteroatoms. The molecule has 112 valence electrons. The van der Waals surface area contributed by atoms with E-state index in [0.717, 1.165) is 37.4 Å². The van der Waals surface area contributed by atoms with Crippen LogP contribution in [-0.2, 0) is 13.0 Å². The maximum absolute atomic E-state index is 5.70. The molecule has 0 aliphatic rings. The number of ether oxygens (including phenoxy) is 1. The Morgan fingerprint density at radius 2 is 2.10 bits per heavy atom. The Kier molecular flexibility index (Phi) is 6.73. The molecule has 1 rings (SSSR count). The first kappa shape index (κ1) is 16.7. The number of nitrogens with one attached hydrogen (secondary N) is 1. The first-order chi connectivity index (χ1) is 9.44. The minimum atomic E-state index is 0.109. The number of aryl methyl sites for hydroxylation is 1. The second kappa shape index (κ2) is 8.05. The Bertz CT molecular complexity index is 421. The van der Waals surface area contributed by atoms with Crippen LogP contribution in [-0.4, -0.2) is 17.1 Å². The molecule has 1 N–H and O–H groups in total. The number of rotatable bonds is 8. The molecular weight excluding hydrogens is 248 g/mol. The summed E-state index contributed by atoms with van der Waals surface area (Å²) in [5.41, 5.74) is 2.44. The second-order valence-electron chi connectivity index (χ2n) is 6.08. The number of aromatic nitrogens is 1. The van der Waals surface area contributed by atoms with E-state index in [4.69, 9.17) is 4.74 Å². The van der Waals surface area contributed by atoms with Gasteiger partial charge >= 0.3 is 0 Å². The summed E-state index contributed by atoms with van der Waals surface area (Å²) in [6.07, 6.45) is 4.78. The van der Waals surface area contributed by atoms with Gasteiger partial charge < -0.3 is 10.1 Å². The van der Waals surface area contributed by atoms with Crippen molar-refractivity contribution in [3.63, 3.8) is 0 Å². The van der Waals surface area contributed by atoms with Crippen molar-refractivity contribution in [3.8, 4) is 5.88 Å². The van der Waals surface area contributed by atoms with E-state index in [-0.39, 0.29) is 5.54 Å². The van der Waals surface area contributed by atoms with E-state index in [2.05, 4.69) is 50.6 Å². The van der Waals surface area contributed by atoms with Crippen molar-refractivity contribution in [1.82, 2.24) is 10.3 Å². The Balaban J connectivity index is 2.78. The van der Waals surface area contributed by atoms with E-state index in [0.29, 0.717) is 6.61 Å². The molecule has 0 amide bonds. The number of hydrogen-bond donors (Lipinski definition) is 1. The zero-order valence-corrected chi connectivity index (χ0v) is 13.3. The molecule has 0 unspecified atom stereocenters. The molecule has 0 fully saturated rings. The molecule has 0 saturated heterocycles. The van der Waals surface area contributed by atoms with Crippen molar-refractivity contribution in [2.75, 3.05) is 6.61 Å². The Morgan fingerprint density at radius 3 is 2.70 bits per heavy atom. The van der Waals surface area contributed by atoms with Crippen molar-refractivity contribution in [3.05, 3.63) is 36.0 Å². The molecule has 0 aliphatic carbocycles. The highest BCUT2D eigenvalue weighted by Crippen LogP contribution is 2.15. The third kappa shape index (κ3) is 6.71. The van der Waals surface area contributed by atoms with Crippen LogP contribution in [0, 0.1) is 0 Å². The maximum atomic E-state index is 5.70. The predicted octanol–water partition coefficient (Wildman–Crippen LogP) is 3.88. The summed E-state index contributed by atoms with van der Waals surface area (Å²) < 4.78 is 5.70. The zero-order chi connectivity index (χ0) is 15.0. The highest BCUT2D eigenvalue weighted by molar-refractivity contribution is 5.25. The van der Waals surface area contributed by atoms with Crippen LogP contribution in [0.1, 0.15) is 51.8 Å². The van der Waals surface area contributed by atoms with Crippen molar-refractivity contribution in [2.24, 2.45) is 0 Å². The minimum absolute atomic E-state index is 0.109. The van der Waals surface area contributed by atoms with Gasteiger partial charge in [-0.1, -0.05) is 19.4 Å². The lowest BCUT2D eigenvalue weighted by molar-refractivity contribution is 0.310. The summed E-state index contributed by atoms with van der Waals surface area (Å²) >= 11 is 0. The fraction of sp³-hybridized carbons (Fsp3) is 0.588. The molecule has 0 bridgehead atoms. The van der Waals surface area contributed by atoms with E-state index in [1.54, 1.807) is 0 Å². The van der Waals surface area contributed by atoms with Gasteiger partial charge in [-0.05, 0) is 45.2 Å². The van der Waals surface area contributed by atoms with Gasteiger partial charge in [0.25, 0.3) is 0 Å². The van der Waals surface area contributed by atoms with Gasteiger partial charge in [0.15, 0.2) is 0 Å². The van der Waals surface area contributed by atoms with Crippen LogP contribution in [0.25, 0.3) is 0 Å². The van der Waals surface area contributed by atoms with Gasteiger partial charge in [-0.2, -0.15) is 0 Å². The van der Waals surface area contributed by atoms with Crippen LogP contribution in [0.3, 0.4) is 0 Å². The molecule has 1 aromatic heterocycles. The van der Waals surface area contributed by atoms with Gasteiger partial charge in [-0.25, -0.2) is 4.98 Å². The fourth-order valence-corrected chi connectivity index (χ4v) is 1.79. The van der Waals surface area contributed by atoms with Crippen molar-refractivity contribution in [2.45, 2.75) is 59.0 Å². The molecule has 0 radical (unpaired) electrons. The minimum Gasteiger partial charge on any atom is -0.477 e. The van der Waals surface area contributed by atoms with E-state index in [1.165, 1.54) is 5.56 Å². The van der Waals surface area contributed by atoms with Gasteiger partial charge in [0.1, 0.15) is 0 Å². The molecule has 0 aliphatic heterocycles. The Labute approximate surface area is 123 Å². The third-order valence-electron chi connectivity index (χ3n) is 2.82. The van der Waals surface area contributed by atoms with Crippen molar-refractivity contribution >= 4 is 0 Å². The summed E-state index contributed by atoms with van der Waals surface area (Å²) in [4.78, 5) is 4.56. The van der Waals surface area contributed by atoms with Gasteiger partial charge in [-0.15, -0.1) is 6.58 Å². The summed E-state index contributed by atoms with van der Waals surface area (Å²) in [5, 5.41) is 3.50. The first-order valence-electron chi connectivity index (χ1n) is 7.43. The number of hydrogen-bond acceptors (Lipinski definition) is 3. The molecule has 0 saturated carbocycles. The topological polar surface area (TPSA) is 34.1 Å². The average molecular weight is 276 g/mol. The molecule has 20 heavy (non-hydrogen) atoms. The smallest absolute Gasteiger partial charge is 0.213 e. The molecule has 3 nitrogen and oxygen atoms in total. The lowest BCUT2D eigenvalue weighted by Gasteiger charge is -2.21. The van der Waals surface area contributed by atoms with Crippen LogP contribution < -0.4 is 10.1 Å². The molecule has 0 spiro atoms. The van der Waals surface area contributed by atoms with Gasteiger partial charge in [0, 0.05) is 23.8 Å². The number of pyridine rings is 1. The highest BCUT2D eigenvalue weighted by atomic mass is 16.5. The molecule has 0 atom stereocenters. The monoisotopic (exact) mass is 276 g/mol. The Hall–Kier alpha value is -1.35. The normalized spacial score (nSPS) is 11.4. The quantitative estimate of drug-likeness (QED) is 0.578. The van der Waals surface area contributed by atoms with Gasteiger partial charge in [0.2, 0.25) is 5.88 Å². The zero-order valence-electron chi connectivity index (χ0n) is 13.3. The molecule has 1 heterocycles. The van der Waals surface area contributed by atoms with Crippen LogP contribution in [0.15, 0.2) is 24.8 Å². The van der Waals surface area contributed by atoms with Crippen LogP contribution in [0.2, 0.25) is 0 Å². The summed E-state index contributed by atoms with van der Waals surface area (Å²) in [6.45, 7) is 13.8. The van der Waals surface area contributed by atoms with E-state index in [9.17, 15) is 0 Å². The largest absolute Gasteiger partial charge is 0.477 e. The first-order valence-corrected chi connectivity index (χ1v) is 7.43. The van der Waals surface area contributed by atoms with Crippen LogP contribution in [0.4, 0.5) is 0 Å². The fourth-order valence-electron chi connectivity index (χ4n) is 1.79. The maximum Gasteiger partial charge on any atom is 0.213 e. The molecule has 1 aromatic rings. The average Bonchev–Trinajstić information content (AvgIpc) is 2.36. The molecular formula is C17H28N2O. The van der Waals surface area contributed by atoms with E-state index >= 15 is 0 Å². The van der Waals surface area contributed by atoms with Gasteiger partial charge in [-0.3, -0.25) is 0 Å². The van der Waals surface area contributed by atoms with Crippen LogP contribution in [0.5, 0.6) is 5.88 Å². The van der Waals surface area contributed by atoms with E-state index < -0.39 is 0 Å². The SMILES string of the molecule is C=CCCOc1cc(CNC(C)(C)C)cc(CCC)n1. The lowest BCUT2D eigenvalue weighted by atomic mass is 10.1. The number of nitrogens with zero attached hydrogens (tertiary/aromatic N) is 1.